The summed E-state index contributed by atoms with van der Waals surface area (Å²) in [5, 5.41) is 81.8. The van der Waals surface area contributed by atoms with Gasteiger partial charge in [-0.25, -0.2) is 18.4 Å². The number of hydrogen-bond donors (Lipinski definition) is 12. The first-order valence-corrected chi connectivity index (χ1v) is 34.4. The van der Waals surface area contributed by atoms with Crippen LogP contribution in [0.4, 0.5) is 14.5 Å². The predicted octanol–water partition coefficient (Wildman–Crippen LogP) is 1.36. The van der Waals surface area contributed by atoms with Gasteiger partial charge in [-0.2, -0.15) is 5.26 Å². The summed E-state index contributed by atoms with van der Waals surface area (Å²) in [7, 11) is 0. The van der Waals surface area contributed by atoms with Crippen molar-refractivity contribution >= 4 is 99.5 Å². The number of benzene rings is 4. The lowest BCUT2D eigenvalue weighted by molar-refractivity contribution is -0.143. The number of esters is 1. The molecule has 8 amide bonds. The van der Waals surface area contributed by atoms with Crippen LogP contribution in [0.1, 0.15) is 102 Å². The minimum Gasteiger partial charge on any atom is -0.508 e. The van der Waals surface area contributed by atoms with Crippen molar-refractivity contribution in [1.82, 2.24) is 46.3 Å². The molecule has 0 radical (unpaired) electrons. The number of anilines is 1. The van der Waals surface area contributed by atoms with Crippen molar-refractivity contribution in [2.24, 2.45) is 5.73 Å². The topological polar surface area (TPSA) is 490 Å². The number of nitrogens with zero attached hydrogens (tertiary/aromatic N) is 6. The van der Waals surface area contributed by atoms with E-state index >= 15 is 0 Å². The average Bonchev–Trinajstić information content (AvgIpc) is 1.59. The van der Waals surface area contributed by atoms with Crippen LogP contribution in [-0.4, -0.2) is 234 Å². The number of carbonyl (C=O) groups is 12. The summed E-state index contributed by atoms with van der Waals surface area (Å²) < 4.78 is 45.9. The van der Waals surface area contributed by atoms with E-state index in [2.05, 4.69) is 36.5 Å². The quantitative estimate of drug-likeness (QED) is 0.0220. The highest BCUT2D eigenvalue weighted by molar-refractivity contribution is 8.00. The zero-order valence-corrected chi connectivity index (χ0v) is 56.8. The second-order valence-electron chi connectivity index (χ2n) is 25.5. The Kier molecular flexibility index (Phi) is 24.0. The molecule has 36 heteroatoms. The number of carboxylic acids is 3. The number of hydrogen-bond acceptors (Lipinski definition) is 23. The summed E-state index contributed by atoms with van der Waals surface area (Å²) in [6.07, 6.45) is -3.38. The van der Waals surface area contributed by atoms with E-state index in [1.165, 1.54) is 71.8 Å². The maximum Gasteiger partial charge on any atom is 0.340 e. The SMILES string of the molecule is N#C[C@@H]1CC(F)(F)CN1C(=O)CNC(=O)c1ccnc2ccc(OCCCN3CCN(C(=O)CCC(=O)N[C@@H](CC(=O)O)C(=O)N[C@@H](CCCCN)C(=O)N[C@@H](CC(=O)O)C(=O)N[C@@H](CSC4CC(O)N(c5ccc6c(c5)C(=O)OC65c6ccc(O)cc6Oc6cc(O)ccc65)C4=O)C(=O)O)CC3)cc12. The number of pyridine rings is 1. The molecule has 3 saturated heterocycles. The van der Waals surface area contributed by atoms with Crippen molar-refractivity contribution in [2.75, 3.05) is 69.6 Å². The molecule has 7 atom stereocenters. The van der Waals surface area contributed by atoms with Gasteiger partial charge in [0, 0.05) is 110 Å². The van der Waals surface area contributed by atoms with Crippen LogP contribution in [0, 0.1) is 11.3 Å². The van der Waals surface area contributed by atoms with E-state index in [4.69, 9.17) is 19.9 Å². The number of thioether (sulfide) groups is 1. The van der Waals surface area contributed by atoms with Crippen LogP contribution in [0.15, 0.2) is 85.1 Å². The van der Waals surface area contributed by atoms with Gasteiger partial charge in [-0.1, -0.05) is 6.07 Å². The summed E-state index contributed by atoms with van der Waals surface area (Å²) in [6, 6.07) is 12.0. The van der Waals surface area contributed by atoms with Gasteiger partial charge in [0.15, 0.2) is 5.60 Å². The molecular weight excluding hydrogens is 1400 g/mol. The van der Waals surface area contributed by atoms with Crippen LogP contribution >= 0.6 is 11.8 Å². The largest absolute Gasteiger partial charge is 0.508 e. The number of aliphatic carboxylic acids is 3. The number of carbonyl (C=O) groups excluding carboxylic acids is 9. The molecule has 6 heterocycles. The number of aromatic nitrogens is 1. The number of ether oxygens (including phenoxy) is 3. The van der Waals surface area contributed by atoms with Crippen LogP contribution in [-0.2, 0) is 58.3 Å². The van der Waals surface area contributed by atoms with Gasteiger partial charge >= 0.3 is 23.9 Å². The molecule has 1 spiro atoms. The first-order valence-electron chi connectivity index (χ1n) is 33.4. The van der Waals surface area contributed by atoms with Crippen LogP contribution in [0.3, 0.4) is 0 Å². The molecule has 105 heavy (non-hydrogen) atoms. The van der Waals surface area contributed by atoms with Crippen LogP contribution < -0.4 is 46.7 Å². The van der Waals surface area contributed by atoms with E-state index in [0.717, 1.165) is 21.6 Å². The molecule has 0 aliphatic carbocycles. The van der Waals surface area contributed by atoms with Gasteiger partial charge < -0.3 is 87.0 Å². The number of amides is 8. The number of nitrogens with one attached hydrogen (secondary N) is 5. The standard InChI is InChI=1S/C69H74F2N12O21S/c70-68(71)31-37(32-73)82(35-68)58(89)33-75-61(94)41-15-17-74-47-12-8-40(27-42(41)47)102-23-3-18-80-19-21-81(22-20-80)56(87)14-13-55(86)76-49(28-59(90)91)63(96)77-48(4-1-2-16-72)62(95)78-50(29-60(92)93)64(97)79-51(66(99)100)34-105-54-30-57(88)83(65(54)98)36-5-9-44-43(24-36)67(101)104-69(44)45-10-6-38(84)25-52(45)103-53-26-39(85)7-11-46(53)69/h5-12,15,17,24-27,37,48-51,54,57,84-85,88H,1-4,13-14,16,18-23,28-31,33-35,72H2,(H,75,94)(H,76,86)(H,77,96)(H,78,95)(H,79,97)(H,90,91)(H,92,93)(H,99,100)/t37-,48-,49-,50-,51-,54?,57?/m0/s1. The number of nitrogens with two attached hydrogens (primary N) is 1. The molecule has 0 bridgehead atoms. The monoisotopic (exact) mass is 1480 g/mol. The number of aliphatic hydroxyl groups excluding tert-OH is 1. The van der Waals surface area contributed by atoms with E-state index in [1.807, 2.05) is 0 Å². The van der Waals surface area contributed by atoms with Crippen molar-refractivity contribution in [3.63, 3.8) is 0 Å². The van der Waals surface area contributed by atoms with Gasteiger partial charge in [0.2, 0.25) is 41.4 Å². The maximum atomic E-state index is 14.1. The number of fused-ring (bicyclic) bond motifs is 7. The molecule has 13 N–H and O–H groups in total. The number of aliphatic hydroxyl groups is 1. The third-order valence-electron chi connectivity index (χ3n) is 18.2. The number of unbranched alkanes of at least 4 members (excludes halogenated alkanes) is 1. The number of alkyl halides is 2. The second kappa shape index (κ2) is 33.0. The molecule has 0 saturated carbocycles. The zero-order chi connectivity index (χ0) is 75.6. The molecule has 4 aromatic carbocycles. The van der Waals surface area contributed by atoms with Crippen LogP contribution in [0.5, 0.6) is 28.7 Å². The molecule has 1 aromatic heterocycles. The smallest absolute Gasteiger partial charge is 0.340 e. The summed E-state index contributed by atoms with van der Waals surface area (Å²) in [6.45, 7) is 0.866. The lowest BCUT2D eigenvalue weighted by Crippen LogP contribution is -2.58. The number of likely N-dealkylation sites (tertiary alicyclic amines) is 1. The highest BCUT2D eigenvalue weighted by Crippen LogP contribution is 2.57. The van der Waals surface area contributed by atoms with E-state index in [1.54, 1.807) is 24.3 Å². The van der Waals surface area contributed by atoms with Crippen LogP contribution in [0.25, 0.3) is 10.9 Å². The lowest BCUT2D eigenvalue weighted by atomic mass is 9.77. The average molecular weight is 1480 g/mol. The number of phenols is 2. The fourth-order valence-electron chi connectivity index (χ4n) is 13.0. The summed E-state index contributed by atoms with van der Waals surface area (Å²) >= 11 is 0.718. The van der Waals surface area contributed by atoms with E-state index in [9.17, 15) is 102 Å². The summed E-state index contributed by atoms with van der Waals surface area (Å²) in [4.78, 5) is 169. The highest BCUT2D eigenvalue weighted by atomic mass is 32.2. The van der Waals surface area contributed by atoms with Crippen molar-refractivity contribution in [3.8, 4) is 34.8 Å². The van der Waals surface area contributed by atoms with Gasteiger partial charge in [0.1, 0.15) is 65.2 Å². The molecule has 33 nitrogen and oxygen atoms in total. The van der Waals surface area contributed by atoms with Gasteiger partial charge in [0.25, 0.3) is 11.8 Å². The molecule has 5 aliphatic rings. The second-order valence-corrected chi connectivity index (χ2v) is 26.7. The van der Waals surface area contributed by atoms with Crippen LogP contribution in [0.2, 0.25) is 0 Å². The number of halogens is 2. The van der Waals surface area contributed by atoms with Gasteiger partial charge in [-0.15, -0.1) is 11.8 Å². The third kappa shape index (κ3) is 17.9. The minimum atomic E-state index is -3.22. The number of nitriles is 1. The maximum absolute atomic E-state index is 14.1. The molecule has 10 rings (SSSR count). The van der Waals surface area contributed by atoms with Crippen molar-refractivity contribution in [1.29, 1.82) is 5.26 Å². The zero-order valence-electron chi connectivity index (χ0n) is 56.0. The molecule has 556 valence electrons. The van der Waals surface area contributed by atoms with Gasteiger partial charge in [-0.05, 0) is 92.9 Å². The number of phenolic OH excluding ortho intramolecular Hbond substituents is 2. The van der Waals surface area contributed by atoms with E-state index in [-0.39, 0.29) is 98.2 Å². The molecule has 5 aromatic rings. The van der Waals surface area contributed by atoms with Crippen molar-refractivity contribution < 1.29 is 111 Å². The Hall–Kier alpha value is -11.3. The number of aromatic hydroxyl groups is 2. The summed E-state index contributed by atoms with van der Waals surface area (Å²) in [5.41, 5.74) is 5.61. The molecule has 5 aliphatic heterocycles. The van der Waals surface area contributed by atoms with E-state index < -0.39 is 169 Å². The Balaban J connectivity index is 0.681. The van der Waals surface area contributed by atoms with Crippen molar-refractivity contribution in [3.05, 3.63) is 113 Å². The van der Waals surface area contributed by atoms with E-state index in [0.29, 0.717) is 59.4 Å². The predicted molar refractivity (Wildman–Crippen MR) is 362 cm³/mol. The number of piperazine rings is 1. The normalized spacial score (nSPS) is 18.7. The first-order chi connectivity index (χ1) is 50.1. The molecular formula is C69H74F2N12O21S. The fourth-order valence-corrected chi connectivity index (χ4v) is 14.2. The Morgan fingerprint density at radius 2 is 1.39 bits per heavy atom. The minimum absolute atomic E-state index is 0.0129. The Morgan fingerprint density at radius 1 is 0.752 bits per heavy atom. The molecule has 2 unspecified atom stereocenters. The Bertz CT molecular complexity index is 4260. The van der Waals surface area contributed by atoms with Crippen molar-refractivity contribution in [2.45, 2.75) is 117 Å². The Labute approximate surface area is 600 Å². The van der Waals surface area contributed by atoms with Gasteiger partial charge in [-0.3, -0.25) is 62.7 Å². The lowest BCUT2D eigenvalue weighted by Gasteiger charge is -2.36. The Morgan fingerprint density at radius 3 is 2.04 bits per heavy atom. The molecule has 3 fully saturated rings. The third-order valence-corrected chi connectivity index (χ3v) is 19.6. The summed E-state index contributed by atoms with van der Waals surface area (Å²) in [5.74, 6) is -16.4. The number of carboxylic acid groups (broad SMARTS) is 3. The fraction of sp³-hybridized carbons (Fsp3) is 0.420. The first kappa shape index (κ1) is 76.4. The highest BCUT2D eigenvalue weighted by Gasteiger charge is 2.55. The number of rotatable bonds is 31. The van der Waals surface area contributed by atoms with Gasteiger partial charge in [0.05, 0.1) is 60.5 Å².